The average molecular weight is 405 g/mol. The molecule has 6 heteroatoms. The van der Waals surface area contributed by atoms with Crippen LogP contribution in [0.1, 0.15) is 60.8 Å². The quantitative estimate of drug-likeness (QED) is 0.533. The molecule has 3 fully saturated rings. The fourth-order valence-electron chi connectivity index (χ4n) is 5.52. The molecule has 0 radical (unpaired) electrons. The van der Waals surface area contributed by atoms with Gasteiger partial charge in [-0.05, 0) is 64.0 Å². The molecule has 3 heterocycles. The van der Waals surface area contributed by atoms with E-state index >= 15 is 0 Å². The lowest BCUT2D eigenvalue weighted by Gasteiger charge is -2.30. The predicted octanol–water partition coefficient (Wildman–Crippen LogP) is 3.29. The molecule has 0 bridgehead atoms. The third-order valence-corrected chi connectivity index (χ3v) is 7.30. The summed E-state index contributed by atoms with van der Waals surface area (Å²) in [5.41, 5.74) is 1.31. The fourth-order valence-corrected chi connectivity index (χ4v) is 5.52. The number of fused-ring (bicyclic) bond motifs is 1. The highest BCUT2D eigenvalue weighted by atomic mass is 16.6. The summed E-state index contributed by atoms with van der Waals surface area (Å²) in [7, 11) is 0. The molecular weight excluding hydrogens is 372 g/mol. The number of rotatable bonds is 1. The van der Waals surface area contributed by atoms with Gasteiger partial charge in [-0.1, -0.05) is 19.9 Å². The van der Waals surface area contributed by atoms with Gasteiger partial charge in [-0.2, -0.15) is 0 Å². The Hall–Kier alpha value is -1.50. The molecule has 1 aliphatic carbocycles. The zero-order valence-corrected chi connectivity index (χ0v) is 18.2. The molecule has 4 aliphatic rings. The van der Waals surface area contributed by atoms with Crippen LogP contribution in [0.3, 0.4) is 0 Å². The van der Waals surface area contributed by atoms with E-state index in [-0.39, 0.29) is 29.6 Å². The summed E-state index contributed by atoms with van der Waals surface area (Å²) in [5.74, 6) is -2.39. The first kappa shape index (κ1) is 20.8. The molecule has 29 heavy (non-hydrogen) atoms. The number of ketones is 1. The van der Waals surface area contributed by atoms with E-state index in [1.807, 2.05) is 40.7 Å². The van der Waals surface area contributed by atoms with Crippen LogP contribution < -0.4 is 0 Å². The summed E-state index contributed by atoms with van der Waals surface area (Å²) in [6, 6.07) is 0. The number of hydrogen-bond donors (Lipinski definition) is 1. The highest BCUT2D eigenvalue weighted by Gasteiger charge is 2.62. The molecule has 0 aromatic heterocycles. The van der Waals surface area contributed by atoms with Gasteiger partial charge in [-0.15, -0.1) is 0 Å². The van der Waals surface area contributed by atoms with Crippen LogP contribution in [0.15, 0.2) is 23.0 Å². The van der Waals surface area contributed by atoms with Crippen molar-refractivity contribution >= 4 is 11.8 Å². The van der Waals surface area contributed by atoms with Crippen LogP contribution in [0, 0.1) is 23.7 Å². The third-order valence-electron chi connectivity index (χ3n) is 7.30. The van der Waals surface area contributed by atoms with Crippen molar-refractivity contribution in [2.24, 2.45) is 23.7 Å². The lowest BCUT2D eigenvalue weighted by atomic mass is 9.80. The maximum absolute atomic E-state index is 13.1. The Morgan fingerprint density at radius 1 is 1.17 bits per heavy atom. The Balaban J connectivity index is 1.77. The summed E-state index contributed by atoms with van der Waals surface area (Å²) in [6.45, 7) is 11.5. The van der Waals surface area contributed by atoms with Crippen LogP contribution in [0.5, 0.6) is 0 Å². The van der Waals surface area contributed by atoms with E-state index in [0.29, 0.717) is 25.0 Å². The molecule has 0 saturated carbocycles. The maximum atomic E-state index is 13.1. The van der Waals surface area contributed by atoms with Gasteiger partial charge >= 0.3 is 5.97 Å². The smallest absolute Gasteiger partial charge is 0.320 e. The maximum Gasteiger partial charge on any atom is 0.320 e. The molecule has 3 aliphatic heterocycles. The van der Waals surface area contributed by atoms with Gasteiger partial charge in [0.2, 0.25) is 0 Å². The molecule has 3 saturated heterocycles. The molecule has 0 aromatic carbocycles. The first-order chi connectivity index (χ1) is 13.5. The largest absolute Gasteiger partial charge is 0.430 e. The monoisotopic (exact) mass is 404 g/mol. The molecule has 7 unspecified atom stereocenters. The van der Waals surface area contributed by atoms with Crippen molar-refractivity contribution < 1.29 is 28.9 Å². The van der Waals surface area contributed by atoms with E-state index in [4.69, 9.17) is 14.2 Å². The molecular formula is C23H32O6. The van der Waals surface area contributed by atoms with Crippen LogP contribution in [0.25, 0.3) is 0 Å². The lowest BCUT2D eigenvalue weighted by molar-refractivity contribution is -0.200. The van der Waals surface area contributed by atoms with Crippen molar-refractivity contribution in [3.8, 4) is 0 Å². The Morgan fingerprint density at radius 2 is 1.86 bits per heavy atom. The van der Waals surface area contributed by atoms with Gasteiger partial charge in [0.15, 0.2) is 11.6 Å². The van der Waals surface area contributed by atoms with Gasteiger partial charge in [0, 0.05) is 0 Å². The lowest BCUT2D eigenvalue weighted by Crippen LogP contribution is -2.36. The summed E-state index contributed by atoms with van der Waals surface area (Å²) in [6.07, 6.45) is 3.08. The molecule has 0 amide bonds. The SMILES string of the molecule is CC1=CCC2C(=O)C(C(C)C)OC2(C)CCC(C)=C2OC(=O)C3C2C1OC3(C)O. The molecule has 1 N–H and O–H groups in total. The first-order valence-electron chi connectivity index (χ1n) is 10.7. The third kappa shape index (κ3) is 3.11. The van der Waals surface area contributed by atoms with Gasteiger partial charge in [-0.3, -0.25) is 9.59 Å². The molecule has 4 rings (SSSR count). The number of carbonyl (C=O) groups excluding carboxylic acids is 2. The van der Waals surface area contributed by atoms with Crippen LogP contribution >= 0.6 is 0 Å². The second-order valence-corrected chi connectivity index (χ2v) is 9.90. The van der Waals surface area contributed by atoms with E-state index in [1.165, 1.54) is 6.92 Å². The highest BCUT2D eigenvalue weighted by molar-refractivity contribution is 5.89. The molecule has 0 spiro atoms. The summed E-state index contributed by atoms with van der Waals surface area (Å²) < 4.78 is 17.9. The van der Waals surface area contributed by atoms with Crippen molar-refractivity contribution in [1.29, 1.82) is 0 Å². The average Bonchev–Trinajstić information content (AvgIpc) is 3.21. The van der Waals surface area contributed by atoms with Crippen LogP contribution in [0.4, 0.5) is 0 Å². The van der Waals surface area contributed by atoms with Gasteiger partial charge in [0.05, 0.1) is 23.5 Å². The number of Topliss-reactive ketones (excluding diaryl/α,β-unsaturated/α-hetero) is 1. The van der Waals surface area contributed by atoms with Crippen molar-refractivity contribution in [3.05, 3.63) is 23.0 Å². The predicted molar refractivity (Wildman–Crippen MR) is 105 cm³/mol. The van der Waals surface area contributed by atoms with Crippen molar-refractivity contribution in [3.63, 3.8) is 0 Å². The number of hydrogen-bond acceptors (Lipinski definition) is 6. The van der Waals surface area contributed by atoms with Crippen molar-refractivity contribution in [2.75, 3.05) is 0 Å². The van der Waals surface area contributed by atoms with Gasteiger partial charge < -0.3 is 19.3 Å². The summed E-state index contributed by atoms with van der Waals surface area (Å²) in [5, 5.41) is 10.7. The topological polar surface area (TPSA) is 82.1 Å². The standard InChI is InChI=1S/C23H32O6/c1-11(2)18-17(24)14-8-7-12(3)20-15-16(23(6,26)29-20)21(25)27-19(15)13(4)9-10-22(14,5)28-18/h7,11,14-16,18,20,26H,8-10H2,1-6H3. The molecule has 0 aromatic rings. The van der Waals surface area contributed by atoms with E-state index in [2.05, 4.69) is 0 Å². The van der Waals surface area contributed by atoms with E-state index < -0.39 is 29.4 Å². The minimum absolute atomic E-state index is 0.124. The molecule has 160 valence electrons. The van der Waals surface area contributed by atoms with Crippen molar-refractivity contribution in [1.82, 2.24) is 0 Å². The van der Waals surface area contributed by atoms with Gasteiger partial charge in [-0.25, -0.2) is 0 Å². The Labute approximate surface area is 172 Å². The Bertz CT molecular complexity index is 806. The number of carbonyl (C=O) groups is 2. The van der Waals surface area contributed by atoms with E-state index in [9.17, 15) is 14.7 Å². The first-order valence-corrected chi connectivity index (χ1v) is 10.7. The number of aliphatic hydroxyl groups is 1. The van der Waals surface area contributed by atoms with Gasteiger partial charge in [0.1, 0.15) is 17.8 Å². The second-order valence-electron chi connectivity index (χ2n) is 9.90. The van der Waals surface area contributed by atoms with Crippen LogP contribution in [0.2, 0.25) is 0 Å². The number of ether oxygens (including phenoxy) is 3. The van der Waals surface area contributed by atoms with Crippen molar-refractivity contribution in [2.45, 2.75) is 84.4 Å². The van der Waals surface area contributed by atoms with E-state index in [1.54, 1.807) is 0 Å². The Kier molecular flexibility index (Phi) is 4.84. The summed E-state index contributed by atoms with van der Waals surface area (Å²) >= 11 is 0. The van der Waals surface area contributed by atoms with Crippen LogP contribution in [-0.4, -0.2) is 40.5 Å². The molecule has 7 atom stereocenters. The number of esters is 1. The molecule has 6 nitrogen and oxygen atoms in total. The zero-order valence-electron chi connectivity index (χ0n) is 18.2. The van der Waals surface area contributed by atoms with Gasteiger partial charge in [0.25, 0.3) is 0 Å². The minimum atomic E-state index is -1.57. The number of allylic oxidation sites excluding steroid dienone is 2. The fraction of sp³-hybridized carbons (Fsp3) is 0.739. The van der Waals surface area contributed by atoms with Crippen LogP contribution in [-0.2, 0) is 23.8 Å². The highest BCUT2D eigenvalue weighted by Crippen LogP contribution is 2.52. The normalized spacial score (nSPS) is 45.1. The van der Waals surface area contributed by atoms with E-state index in [0.717, 1.165) is 11.1 Å². The second kappa shape index (κ2) is 6.76. The minimum Gasteiger partial charge on any atom is -0.430 e. The zero-order chi connectivity index (χ0) is 21.3. The summed E-state index contributed by atoms with van der Waals surface area (Å²) in [4.78, 5) is 25.7. The Morgan fingerprint density at radius 3 is 2.52 bits per heavy atom.